The average Bonchev–Trinajstić information content (AvgIpc) is 2.73. The lowest BCUT2D eigenvalue weighted by Gasteiger charge is -2.36. The minimum absolute atomic E-state index is 0.00669. The van der Waals surface area contributed by atoms with E-state index in [-0.39, 0.29) is 12.2 Å². The molecule has 0 radical (unpaired) electrons. The minimum Gasteiger partial charge on any atom is -0.479 e. The highest BCUT2D eigenvalue weighted by Gasteiger charge is 2.44. The van der Waals surface area contributed by atoms with Gasteiger partial charge in [0.2, 0.25) is 0 Å². The van der Waals surface area contributed by atoms with Crippen LogP contribution in [0.4, 0.5) is 0 Å². The molecule has 0 aromatic heterocycles. The van der Waals surface area contributed by atoms with E-state index in [1.54, 1.807) is 19.1 Å². The molecule has 3 rings (SSSR count). The second-order valence-electron chi connectivity index (χ2n) is 8.69. The Morgan fingerprint density at radius 3 is 1.97 bits per heavy atom. The Labute approximate surface area is 183 Å². The Morgan fingerprint density at radius 2 is 1.42 bits per heavy atom. The summed E-state index contributed by atoms with van der Waals surface area (Å²) in [6.45, 7) is 7.12. The molecule has 3 aromatic rings. The first kappa shape index (κ1) is 22.4. The van der Waals surface area contributed by atoms with E-state index < -0.39 is 17.2 Å². The molecule has 0 saturated carbocycles. The topological polar surface area (TPSA) is 63.6 Å². The third-order valence-corrected chi connectivity index (χ3v) is 5.09. The molecule has 1 atom stereocenters. The van der Waals surface area contributed by atoms with Crippen LogP contribution in [0.25, 0.3) is 11.1 Å². The van der Waals surface area contributed by atoms with Crippen LogP contribution in [-0.4, -0.2) is 22.5 Å². The van der Waals surface area contributed by atoms with Crippen molar-refractivity contribution in [1.29, 1.82) is 0 Å². The van der Waals surface area contributed by atoms with Crippen molar-refractivity contribution >= 4 is 11.8 Å². The number of aliphatic carboxylic acids is 1. The van der Waals surface area contributed by atoms with E-state index in [9.17, 15) is 14.7 Å². The molecule has 0 spiro atoms. The fourth-order valence-electron chi connectivity index (χ4n) is 3.80. The first-order valence-corrected chi connectivity index (χ1v) is 10.3. The van der Waals surface area contributed by atoms with Crippen molar-refractivity contribution in [2.45, 2.75) is 45.3 Å². The Hall–Kier alpha value is -3.24. The summed E-state index contributed by atoms with van der Waals surface area (Å²) < 4.78 is 6.20. The molecule has 0 bridgehead atoms. The van der Waals surface area contributed by atoms with Crippen molar-refractivity contribution in [3.63, 3.8) is 0 Å². The summed E-state index contributed by atoms with van der Waals surface area (Å²) in [7, 11) is 0. The number of hydrogen-bond acceptors (Lipinski definition) is 3. The van der Waals surface area contributed by atoms with Crippen LogP contribution in [0.2, 0.25) is 0 Å². The number of benzene rings is 3. The van der Waals surface area contributed by atoms with Crippen molar-refractivity contribution in [1.82, 2.24) is 0 Å². The van der Waals surface area contributed by atoms with Gasteiger partial charge >= 0.3 is 5.97 Å². The zero-order chi connectivity index (χ0) is 22.6. The SMILES string of the molecule is CC(=O)c1ccccc1-c1ccc(CC(OC(C)(C)C)(C(=O)O)c2ccccc2)cc1. The van der Waals surface area contributed by atoms with Crippen LogP contribution < -0.4 is 0 Å². The second-order valence-corrected chi connectivity index (χ2v) is 8.69. The van der Waals surface area contributed by atoms with Crippen LogP contribution in [0.5, 0.6) is 0 Å². The number of carboxylic acid groups (broad SMARTS) is 1. The number of rotatable bonds is 7. The van der Waals surface area contributed by atoms with Crippen LogP contribution in [0.3, 0.4) is 0 Å². The lowest BCUT2D eigenvalue weighted by atomic mass is 9.85. The average molecular weight is 417 g/mol. The highest BCUT2D eigenvalue weighted by Crippen LogP contribution is 2.35. The lowest BCUT2D eigenvalue weighted by molar-refractivity contribution is -0.187. The standard InChI is InChI=1S/C27H28O4/c1-19(28)23-12-8-9-13-24(23)21-16-14-20(15-17-21)18-27(25(29)30,31-26(2,3)4)22-10-6-5-7-11-22/h5-17H,18H2,1-4H3,(H,29,30). The van der Waals surface area contributed by atoms with Crippen LogP contribution in [-0.2, 0) is 21.6 Å². The second kappa shape index (κ2) is 8.86. The quantitative estimate of drug-likeness (QED) is 0.488. The van der Waals surface area contributed by atoms with Crippen molar-refractivity contribution in [3.05, 3.63) is 95.6 Å². The number of hydrogen-bond donors (Lipinski definition) is 1. The van der Waals surface area contributed by atoms with Crippen molar-refractivity contribution in [2.24, 2.45) is 0 Å². The van der Waals surface area contributed by atoms with Gasteiger partial charge in [-0.2, -0.15) is 0 Å². The zero-order valence-electron chi connectivity index (χ0n) is 18.4. The van der Waals surface area contributed by atoms with E-state index in [1.807, 2.05) is 87.5 Å². The van der Waals surface area contributed by atoms with Crippen molar-refractivity contribution in [2.75, 3.05) is 0 Å². The van der Waals surface area contributed by atoms with Gasteiger partial charge < -0.3 is 9.84 Å². The largest absolute Gasteiger partial charge is 0.479 e. The summed E-state index contributed by atoms with van der Waals surface area (Å²) in [6.07, 6.45) is 0.179. The molecule has 4 heteroatoms. The monoisotopic (exact) mass is 416 g/mol. The zero-order valence-corrected chi connectivity index (χ0v) is 18.4. The van der Waals surface area contributed by atoms with Gasteiger partial charge in [-0.3, -0.25) is 4.79 Å². The van der Waals surface area contributed by atoms with Crippen molar-refractivity contribution in [3.8, 4) is 11.1 Å². The first-order valence-electron chi connectivity index (χ1n) is 10.3. The van der Waals surface area contributed by atoms with E-state index >= 15 is 0 Å². The molecule has 1 unspecified atom stereocenters. The van der Waals surface area contributed by atoms with E-state index in [0.717, 1.165) is 16.7 Å². The molecule has 0 amide bonds. The molecular weight excluding hydrogens is 388 g/mol. The van der Waals surface area contributed by atoms with Gasteiger partial charge in [-0.05, 0) is 49.9 Å². The summed E-state index contributed by atoms with van der Waals surface area (Å²) in [6, 6.07) is 24.2. The number of Topliss-reactive ketones (excluding diaryl/α,β-unsaturated/α-hetero) is 1. The molecule has 0 aliphatic carbocycles. The van der Waals surface area contributed by atoms with Crippen LogP contribution in [0, 0.1) is 0 Å². The van der Waals surface area contributed by atoms with Gasteiger partial charge in [-0.25, -0.2) is 4.79 Å². The summed E-state index contributed by atoms with van der Waals surface area (Å²) >= 11 is 0. The van der Waals surface area contributed by atoms with Gasteiger partial charge in [0.1, 0.15) is 0 Å². The number of carbonyl (C=O) groups excluding carboxylic acids is 1. The molecule has 0 saturated heterocycles. The number of ketones is 1. The lowest BCUT2D eigenvalue weighted by Crippen LogP contribution is -2.46. The highest BCUT2D eigenvalue weighted by atomic mass is 16.5. The van der Waals surface area contributed by atoms with Gasteiger partial charge in [0.15, 0.2) is 11.4 Å². The van der Waals surface area contributed by atoms with Crippen molar-refractivity contribution < 1.29 is 19.4 Å². The molecule has 160 valence electrons. The molecule has 3 aromatic carbocycles. The Kier molecular flexibility index (Phi) is 6.42. The van der Waals surface area contributed by atoms with Gasteiger partial charge in [-0.1, -0.05) is 78.9 Å². The van der Waals surface area contributed by atoms with Gasteiger partial charge in [0.25, 0.3) is 0 Å². The van der Waals surface area contributed by atoms with E-state index in [0.29, 0.717) is 11.1 Å². The van der Waals surface area contributed by atoms with E-state index in [1.165, 1.54) is 0 Å². The molecular formula is C27H28O4. The molecule has 1 N–H and O–H groups in total. The third kappa shape index (κ3) is 5.09. The number of carbonyl (C=O) groups is 2. The highest BCUT2D eigenvalue weighted by molar-refractivity contribution is 6.00. The van der Waals surface area contributed by atoms with Crippen LogP contribution >= 0.6 is 0 Å². The maximum Gasteiger partial charge on any atom is 0.341 e. The van der Waals surface area contributed by atoms with Gasteiger partial charge in [0.05, 0.1) is 5.60 Å². The summed E-state index contributed by atoms with van der Waals surface area (Å²) in [4.78, 5) is 24.5. The first-order chi connectivity index (χ1) is 14.6. The summed E-state index contributed by atoms with van der Waals surface area (Å²) in [5, 5.41) is 10.3. The van der Waals surface area contributed by atoms with Gasteiger partial charge in [0, 0.05) is 12.0 Å². The predicted octanol–water partition coefficient (Wildman–Crippen LogP) is 5.89. The Bertz CT molecular complexity index is 1060. The maximum atomic E-state index is 12.5. The van der Waals surface area contributed by atoms with Crippen LogP contribution in [0.15, 0.2) is 78.9 Å². The Balaban J connectivity index is 2.01. The van der Waals surface area contributed by atoms with E-state index in [2.05, 4.69) is 0 Å². The van der Waals surface area contributed by atoms with E-state index in [4.69, 9.17) is 4.74 Å². The van der Waals surface area contributed by atoms with Crippen LogP contribution in [0.1, 0.15) is 49.2 Å². The molecule has 0 heterocycles. The molecule has 0 aliphatic heterocycles. The fourth-order valence-corrected chi connectivity index (χ4v) is 3.80. The minimum atomic E-state index is -1.52. The number of carboxylic acids is 1. The maximum absolute atomic E-state index is 12.5. The number of ether oxygens (including phenoxy) is 1. The summed E-state index contributed by atoms with van der Waals surface area (Å²) in [5.41, 5.74) is 1.69. The summed E-state index contributed by atoms with van der Waals surface area (Å²) in [5.74, 6) is -1.02. The normalized spacial score (nSPS) is 13.4. The molecule has 0 fully saturated rings. The molecule has 0 aliphatic rings. The Morgan fingerprint density at radius 1 is 0.839 bits per heavy atom. The van der Waals surface area contributed by atoms with Gasteiger partial charge in [-0.15, -0.1) is 0 Å². The predicted molar refractivity (Wildman–Crippen MR) is 122 cm³/mol. The smallest absolute Gasteiger partial charge is 0.341 e. The third-order valence-electron chi connectivity index (χ3n) is 5.09. The molecule has 4 nitrogen and oxygen atoms in total. The molecule has 31 heavy (non-hydrogen) atoms. The fraction of sp³-hybridized carbons (Fsp3) is 0.259.